The number of hydrogen-bond donors (Lipinski definition) is 1. The van der Waals surface area contributed by atoms with Gasteiger partial charge in [0.05, 0.1) is 11.7 Å². The molecule has 1 aliphatic rings. The van der Waals surface area contributed by atoms with E-state index in [2.05, 4.69) is 13.8 Å². The molecule has 1 fully saturated rings. The molecule has 4 nitrogen and oxygen atoms in total. The summed E-state index contributed by atoms with van der Waals surface area (Å²) in [5.74, 6) is -1.73. The van der Waals surface area contributed by atoms with Gasteiger partial charge in [0, 0.05) is 0 Å². The molecule has 5 heteroatoms. The van der Waals surface area contributed by atoms with Gasteiger partial charge in [0.2, 0.25) is 0 Å². The van der Waals surface area contributed by atoms with Gasteiger partial charge in [-0.2, -0.15) is 0 Å². The maximum atomic E-state index is 11.7. The van der Waals surface area contributed by atoms with Crippen LogP contribution in [0, 0.1) is 5.92 Å². The zero-order valence-corrected chi connectivity index (χ0v) is 11.1. The molecule has 1 aliphatic heterocycles. The minimum absolute atomic E-state index is 0.251. The first kappa shape index (κ1) is 13.1. The van der Waals surface area contributed by atoms with Gasteiger partial charge < -0.3 is 5.11 Å². The summed E-state index contributed by atoms with van der Waals surface area (Å²) in [5.41, 5.74) is 1.69. The Kier molecular flexibility index (Phi) is 3.19. The number of benzene rings is 1. The summed E-state index contributed by atoms with van der Waals surface area (Å²) in [6.07, 6.45) is 0. The average molecular weight is 268 g/mol. The molecule has 2 atom stereocenters. The van der Waals surface area contributed by atoms with E-state index >= 15 is 0 Å². The van der Waals surface area contributed by atoms with Gasteiger partial charge in [0.25, 0.3) is 0 Å². The molecule has 2 unspecified atom stereocenters. The lowest BCUT2D eigenvalue weighted by Crippen LogP contribution is -2.44. The molecule has 2 rings (SSSR count). The van der Waals surface area contributed by atoms with Crippen molar-refractivity contribution in [2.24, 2.45) is 5.92 Å². The lowest BCUT2D eigenvalue weighted by Gasteiger charge is -2.33. The van der Waals surface area contributed by atoms with Gasteiger partial charge in [0.15, 0.2) is 9.84 Å². The molecule has 0 aromatic heterocycles. The second-order valence-corrected chi connectivity index (χ2v) is 7.18. The molecule has 1 aromatic rings. The Hall–Kier alpha value is -1.36. The first-order chi connectivity index (χ1) is 8.33. The van der Waals surface area contributed by atoms with Crippen LogP contribution in [-0.4, -0.2) is 25.2 Å². The fourth-order valence-electron chi connectivity index (χ4n) is 2.28. The Morgan fingerprint density at radius 2 is 1.83 bits per heavy atom. The number of sulfone groups is 1. The van der Waals surface area contributed by atoms with Gasteiger partial charge in [0.1, 0.15) is 5.25 Å². The van der Waals surface area contributed by atoms with Crippen LogP contribution in [-0.2, 0) is 14.6 Å². The Labute approximate surface area is 107 Å². The standard InChI is InChI=1S/C13H16O4S/c1-8(2)9-3-5-10(6-4-9)12-11(13(14)15)7-18(12,16)17/h3-6,8,11-12H,7H2,1-2H3,(H,14,15). The lowest BCUT2D eigenvalue weighted by molar-refractivity contribution is -0.141. The van der Waals surface area contributed by atoms with E-state index in [4.69, 9.17) is 5.11 Å². The summed E-state index contributed by atoms with van der Waals surface area (Å²) in [6, 6.07) is 7.19. The fraction of sp³-hybridized carbons (Fsp3) is 0.462. The second kappa shape index (κ2) is 4.39. The van der Waals surface area contributed by atoms with Crippen LogP contribution in [0.25, 0.3) is 0 Å². The highest BCUT2D eigenvalue weighted by Gasteiger charge is 2.50. The molecule has 1 aromatic carbocycles. The molecule has 0 radical (unpaired) electrons. The molecule has 1 saturated heterocycles. The van der Waals surface area contributed by atoms with Crippen molar-refractivity contribution in [3.63, 3.8) is 0 Å². The van der Waals surface area contributed by atoms with Crippen molar-refractivity contribution in [1.29, 1.82) is 0 Å². The molecule has 98 valence electrons. The molecular formula is C13H16O4S. The molecule has 0 amide bonds. The van der Waals surface area contributed by atoms with Crippen molar-refractivity contribution in [3.8, 4) is 0 Å². The zero-order chi connectivity index (χ0) is 13.5. The van der Waals surface area contributed by atoms with E-state index < -0.39 is 27.0 Å². The smallest absolute Gasteiger partial charge is 0.309 e. The van der Waals surface area contributed by atoms with Crippen LogP contribution >= 0.6 is 0 Å². The van der Waals surface area contributed by atoms with Gasteiger partial charge in [-0.3, -0.25) is 4.79 Å². The molecule has 18 heavy (non-hydrogen) atoms. The summed E-state index contributed by atoms with van der Waals surface area (Å²) < 4.78 is 23.4. The van der Waals surface area contributed by atoms with Gasteiger partial charge in [-0.1, -0.05) is 38.1 Å². The predicted octanol–water partition coefficient (Wildman–Crippen LogP) is 1.98. The maximum Gasteiger partial charge on any atom is 0.309 e. The van der Waals surface area contributed by atoms with Crippen molar-refractivity contribution >= 4 is 15.8 Å². The summed E-state index contributed by atoms with van der Waals surface area (Å²) in [6.45, 7) is 4.10. The Morgan fingerprint density at radius 1 is 1.28 bits per heavy atom. The normalized spacial score (nSPS) is 25.7. The number of aliphatic carboxylic acids is 1. The molecule has 0 bridgehead atoms. The Balaban J connectivity index is 2.32. The first-order valence-electron chi connectivity index (χ1n) is 5.87. The zero-order valence-electron chi connectivity index (χ0n) is 10.3. The van der Waals surface area contributed by atoms with Gasteiger partial charge >= 0.3 is 5.97 Å². The molecule has 1 heterocycles. The number of hydrogen-bond acceptors (Lipinski definition) is 3. The third-order valence-corrected chi connectivity index (χ3v) is 5.61. The minimum Gasteiger partial charge on any atom is -0.481 e. The number of rotatable bonds is 3. The van der Waals surface area contributed by atoms with Gasteiger partial charge in [-0.05, 0) is 17.0 Å². The average Bonchev–Trinajstić information content (AvgIpc) is 2.26. The van der Waals surface area contributed by atoms with E-state index in [1.807, 2.05) is 12.1 Å². The summed E-state index contributed by atoms with van der Waals surface area (Å²) in [5, 5.41) is 8.10. The van der Waals surface area contributed by atoms with Gasteiger partial charge in [-0.15, -0.1) is 0 Å². The third kappa shape index (κ3) is 2.14. The lowest BCUT2D eigenvalue weighted by atomic mass is 9.96. The van der Waals surface area contributed by atoms with E-state index in [0.29, 0.717) is 11.5 Å². The summed E-state index contributed by atoms with van der Waals surface area (Å²) >= 11 is 0. The van der Waals surface area contributed by atoms with Crippen LogP contribution in [0.2, 0.25) is 0 Å². The Morgan fingerprint density at radius 3 is 2.22 bits per heavy atom. The van der Waals surface area contributed by atoms with Crippen molar-refractivity contribution in [2.45, 2.75) is 25.0 Å². The van der Waals surface area contributed by atoms with E-state index in [0.717, 1.165) is 5.56 Å². The van der Waals surface area contributed by atoms with Crippen molar-refractivity contribution in [2.75, 3.05) is 5.75 Å². The van der Waals surface area contributed by atoms with Crippen molar-refractivity contribution < 1.29 is 18.3 Å². The molecule has 0 saturated carbocycles. The van der Waals surface area contributed by atoms with E-state index in [1.165, 1.54) is 0 Å². The summed E-state index contributed by atoms with van der Waals surface area (Å²) in [7, 11) is -3.28. The van der Waals surface area contributed by atoms with Crippen molar-refractivity contribution in [1.82, 2.24) is 0 Å². The summed E-state index contributed by atoms with van der Waals surface area (Å²) in [4.78, 5) is 11.0. The highest BCUT2D eigenvalue weighted by molar-refractivity contribution is 7.93. The van der Waals surface area contributed by atoms with E-state index in [9.17, 15) is 13.2 Å². The number of carboxylic acid groups (broad SMARTS) is 1. The largest absolute Gasteiger partial charge is 0.481 e. The number of carboxylic acids is 1. The van der Waals surface area contributed by atoms with Gasteiger partial charge in [-0.25, -0.2) is 8.42 Å². The fourth-order valence-corrected chi connectivity index (χ4v) is 4.25. The maximum absolute atomic E-state index is 11.7. The second-order valence-electron chi connectivity index (χ2n) is 5.02. The van der Waals surface area contributed by atoms with Crippen LogP contribution in [0.4, 0.5) is 0 Å². The SMILES string of the molecule is CC(C)c1ccc(C2C(C(=O)O)CS2(=O)=O)cc1. The monoisotopic (exact) mass is 268 g/mol. The minimum atomic E-state index is -3.28. The van der Waals surface area contributed by atoms with Crippen molar-refractivity contribution in [3.05, 3.63) is 35.4 Å². The predicted molar refractivity (Wildman–Crippen MR) is 68.2 cm³/mol. The molecule has 0 aliphatic carbocycles. The third-order valence-electron chi connectivity index (χ3n) is 3.41. The van der Waals surface area contributed by atoms with Crippen LogP contribution in [0.5, 0.6) is 0 Å². The van der Waals surface area contributed by atoms with Crippen LogP contribution in [0.15, 0.2) is 24.3 Å². The number of carbonyl (C=O) groups is 1. The molecule has 1 N–H and O–H groups in total. The topological polar surface area (TPSA) is 71.4 Å². The van der Waals surface area contributed by atoms with Crippen LogP contribution < -0.4 is 0 Å². The quantitative estimate of drug-likeness (QED) is 0.910. The Bertz CT molecular complexity index is 557. The first-order valence-corrected chi connectivity index (χ1v) is 7.58. The highest BCUT2D eigenvalue weighted by Crippen LogP contribution is 2.42. The molecular weight excluding hydrogens is 252 g/mol. The van der Waals surface area contributed by atoms with Crippen LogP contribution in [0.3, 0.4) is 0 Å². The van der Waals surface area contributed by atoms with E-state index in [-0.39, 0.29) is 5.75 Å². The highest BCUT2D eigenvalue weighted by atomic mass is 32.2. The van der Waals surface area contributed by atoms with Crippen LogP contribution in [0.1, 0.15) is 36.1 Å². The van der Waals surface area contributed by atoms with E-state index in [1.54, 1.807) is 12.1 Å². The molecule has 0 spiro atoms.